The first-order valence-electron chi connectivity index (χ1n) is 16.6. The molecule has 2 heterocycles. The lowest BCUT2D eigenvalue weighted by Gasteiger charge is -2.37. The molecule has 0 bridgehead atoms. The summed E-state index contributed by atoms with van der Waals surface area (Å²) in [5, 5.41) is 2.00. The minimum Gasteiger partial charge on any atom is -0.455 e. The molecule has 9 rings (SSSR count). The average Bonchev–Trinajstić information content (AvgIpc) is 3.13. The standard InChI is InChI=1S/C45H33O3P/c1-28-13-7-10-18-34(28)32-21-23-39-41(25-32)49(46)42-26-33(35-19-11-8-14-29(35)2)22-24-40(42)48-44-38(36-20-12-9-15-30(36)3)27-37(43(47-39)45(44)49)31-16-5-4-6-17-31/h4-27H,1-3H3. The van der Waals surface area contributed by atoms with Gasteiger partial charge in [0, 0.05) is 11.1 Å². The van der Waals surface area contributed by atoms with E-state index in [1.165, 1.54) is 0 Å². The third-order valence-corrected chi connectivity index (χ3v) is 13.1. The van der Waals surface area contributed by atoms with Crippen molar-refractivity contribution in [2.75, 3.05) is 0 Å². The van der Waals surface area contributed by atoms with Gasteiger partial charge in [0.15, 0.2) is 7.14 Å². The predicted octanol–water partition coefficient (Wildman–Crippen LogP) is 11.1. The zero-order valence-electron chi connectivity index (χ0n) is 27.5. The molecule has 0 saturated carbocycles. The molecule has 0 N–H and O–H groups in total. The maximum absolute atomic E-state index is 16.8. The second kappa shape index (κ2) is 11.2. The van der Waals surface area contributed by atoms with Gasteiger partial charge in [-0.1, -0.05) is 115 Å². The summed E-state index contributed by atoms with van der Waals surface area (Å²) in [5.41, 5.74) is 11.4. The van der Waals surface area contributed by atoms with E-state index >= 15 is 4.57 Å². The molecule has 4 heteroatoms. The van der Waals surface area contributed by atoms with Crippen LogP contribution in [-0.4, -0.2) is 0 Å². The molecule has 7 aromatic rings. The molecular formula is C45H33O3P. The maximum Gasteiger partial charge on any atom is 0.185 e. The number of ether oxygens (including phenoxy) is 2. The zero-order chi connectivity index (χ0) is 33.3. The van der Waals surface area contributed by atoms with Gasteiger partial charge in [-0.3, -0.25) is 0 Å². The van der Waals surface area contributed by atoms with Gasteiger partial charge in [-0.25, -0.2) is 0 Å². The van der Waals surface area contributed by atoms with Gasteiger partial charge in [-0.15, -0.1) is 0 Å². The molecular weight excluding hydrogens is 619 g/mol. The highest BCUT2D eigenvalue weighted by atomic mass is 31.2. The van der Waals surface area contributed by atoms with E-state index in [1.54, 1.807) is 0 Å². The number of rotatable bonds is 4. The Kier molecular flexibility index (Phi) is 6.76. The second-order valence-electron chi connectivity index (χ2n) is 13.0. The molecule has 2 aliphatic rings. The molecule has 0 aliphatic carbocycles. The van der Waals surface area contributed by atoms with Gasteiger partial charge >= 0.3 is 0 Å². The van der Waals surface area contributed by atoms with Crippen LogP contribution in [0.2, 0.25) is 0 Å². The van der Waals surface area contributed by atoms with Crippen LogP contribution >= 0.6 is 7.14 Å². The molecule has 49 heavy (non-hydrogen) atoms. The van der Waals surface area contributed by atoms with E-state index in [0.29, 0.717) is 38.9 Å². The van der Waals surface area contributed by atoms with Crippen LogP contribution in [0.1, 0.15) is 16.7 Å². The molecule has 0 fully saturated rings. The largest absolute Gasteiger partial charge is 0.455 e. The molecule has 3 nitrogen and oxygen atoms in total. The molecule has 0 amide bonds. The lowest BCUT2D eigenvalue weighted by atomic mass is 9.94. The van der Waals surface area contributed by atoms with E-state index in [-0.39, 0.29) is 0 Å². The molecule has 0 radical (unpaired) electrons. The summed E-state index contributed by atoms with van der Waals surface area (Å²) < 4.78 is 30.6. The molecule has 1 atom stereocenters. The fourth-order valence-corrected chi connectivity index (χ4v) is 10.6. The molecule has 0 spiro atoms. The lowest BCUT2D eigenvalue weighted by molar-refractivity contribution is 0.464. The van der Waals surface area contributed by atoms with Gasteiger partial charge < -0.3 is 14.0 Å². The summed E-state index contributed by atoms with van der Waals surface area (Å²) >= 11 is 0. The van der Waals surface area contributed by atoms with Gasteiger partial charge in [0.25, 0.3) is 0 Å². The monoisotopic (exact) mass is 652 g/mol. The van der Waals surface area contributed by atoms with Crippen LogP contribution in [0.5, 0.6) is 23.0 Å². The minimum absolute atomic E-state index is 0.588. The Morgan fingerprint density at radius 1 is 0.408 bits per heavy atom. The maximum atomic E-state index is 16.8. The summed E-state index contributed by atoms with van der Waals surface area (Å²) in [6.07, 6.45) is 0. The number of hydrogen-bond acceptors (Lipinski definition) is 3. The third-order valence-electron chi connectivity index (χ3n) is 9.98. The molecule has 1 unspecified atom stereocenters. The lowest BCUT2D eigenvalue weighted by Crippen LogP contribution is -2.36. The summed E-state index contributed by atoms with van der Waals surface area (Å²) in [7, 11) is -3.60. The summed E-state index contributed by atoms with van der Waals surface area (Å²) in [4.78, 5) is 0. The normalized spacial score (nSPS) is 15.3. The Morgan fingerprint density at radius 3 is 1.37 bits per heavy atom. The first-order valence-corrected chi connectivity index (χ1v) is 18.3. The van der Waals surface area contributed by atoms with Crippen molar-refractivity contribution >= 4 is 23.1 Å². The van der Waals surface area contributed by atoms with Gasteiger partial charge in [-0.2, -0.15) is 0 Å². The first-order chi connectivity index (χ1) is 23.9. The van der Waals surface area contributed by atoms with Crippen molar-refractivity contribution in [3.63, 3.8) is 0 Å². The van der Waals surface area contributed by atoms with E-state index in [4.69, 9.17) is 9.47 Å². The van der Waals surface area contributed by atoms with E-state index in [2.05, 4.69) is 99.6 Å². The first kappa shape index (κ1) is 29.5. The van der Waals surface area contributed by atoms with Crippen LogP contribution < -0.4 is 25.4 Å². The summed E-state index contributed by atoms with van der Waals surface area (Å²) in [6, 6.07) is 49.6. The molecule has 7 aromatic carbocycles. The smallest absolute Gasteiger partial charge is 0.185 e. The van der Waals surface area contributed by atoms with Crippen LogP contribution in [0.3, 0.4) is 0 Å². The van der Waals surface area contributed by atoms with Crippen molar-refractivity contribution in [1.29, 1.82) is 0 Å². The van der Waals surface area contributed by atoms with Crippen LogP contribution in [0.4, 0.5) is 0 Å². The van der Waals surface area contributed by atoms with Gasteiger partial charge in [0.1, 0.15) is 28.3 Å². The number of aryl methyl sites for hydroxylation is 3. The van der Waals surface area contributed by atoms with E-state index in [1.807, 2.05) is 66.7 Å². The summed E-state index contributed by atoms with van der Waals surface area (Å²) in [6.45, 7) is 6.33. The van der Waals surface area contributed by atoms with E-state index < -0.39 is 7.14 Å². The minimum atomic E-state index is -3.60. The average molecular weight is 653 g/mol. The van der Waals surface area contributed by atoms with Gasteiger partial charge in [0.05, 0.1) is 10.6 Å². The second-order valence-corrected chi connectivity index (χ2v) is 15.6. The van der Waals surface area contributed by atoms with E-state index in [9.17, 15) is 0 Å². The third kappa shape index (κ3) is 4.54. The Hall–Kier alpha value is -5.63. The fourth-order valence-electron chi connectivity index (χ4n) is 7.45. The summed E-state index contributed by atoms with van der Waals surface area (Å²) in [5.74, 6) is 2.39. The highest BCUT2D eigenvalue weighted by Crippen LogP contribution is 2.62. The van der Waals surface area contributed by atoms with Crippen LogP contribution in [-0.2, 0) is 4.57 Å². The van der Waals surface area contributed by atoms with Crippen LogP contribution in [0.15, 0.2) is 146 Å². The van der Waals surface area contributed by atoms with Crippen molar-refractivity contribution in [1.82, 2.24) is 0 Å². The van der Waals surface area contributed by atoms with Gasteiger partial charge in [-0.05, 0) is 101 Å². The highest BCUT2D eigenvalue weighted by molar-refractivity contribution is 7.86. The highest BCUT2D eigenvalue weighted by Gasteiger charge is 2.49. The molecule has 0 saturated heterocycles. The number of benzene rings is 7. The quantitative estimate of drug-likeness (QED) is 0.178. The Balaban J connectivity index is 1.41. The van der Waals surface area contributed by atoms with Crippen LogP contribution in [0, 0.1) is 20.8 Å². The fraction of sp³-hybridized carbons (Fsp3) is 0.0667. The SMILES string of the molecule is Cc1ccccc1-c1ccc2c(c1)P1(=O)c3cc(-c4ccccc4C)ccc3Oc3c(-c4ccccc4C)cc(-c4ccccc4)c(c31)O2. The van der Waals surface area contributed by atoms with Crippen molar-refractivity contribution in [2.45, 2.75) is 20.8 Å². The van der Waals surface area contributed by atoms with Crippen LogP contribution in [0.25, 0.3) is 44.5 Å². The van der Waals surface area contributed by atoms with Crippen molar-refractivity contribution in [3.05, 3.63) is 162 Å². The zero-order valence-corrected chi connectivity index (χ0v) is 28.4. The molecule has 2 aliphatic heterocycles. The Morgan fingerprint density at radius 2 is 0.857 bits per heavy atom. The van der Waals surface area contributed by atoms with Gasteiger partial charge in [0.2, 0.25) is 0 Å². The topological polar surface area (TPSA) is 35.5 Å². The van der Waals surface area contributed by atoms with Crippen molar-refractivity contribution < 1.29 is 14.0 Å². The molecule has 0 aromatic heterocycles. The Labute approximate surface area is 286 Å². The molecule has 236 valence electrons. The number of fused-ring (bicyclic) bond motifs is 4. The predicted molar refractivity (Wildman–Crippen MR) is 202 cm³/mol. The Bertz CT molecular complexity index is 2450. The van der Waals surface area contributed by atoms with Crippen molar-refractivity contribution in [2.24, 2.45) is 0 Å². The van der Waals surface area contributed by atoms with E-state index in [0.717, 1.165) is 61.2 Å². The number of hydrogen-bond donors (Lipinski definition) is 0. The van der Waals surface area contributed by atoms with Crippen molar-refractivity contribution in [3.8, 4) is 67.5 Å².